The van der Waals surface area contributed by atoms with Gasteiger partial charge in [0.05, 0.1) is 17.4 Å². The highest BCUT2D eigenvalue weighted by atomic mass is 19.4. The van der Waals surface area contributed by atoms with Crippen LogP contribution in [0.4, 0.5) is 24.5 Å². The molecular formula is C29H30F3N5O2. The Morgan fingerprint density at radius 2 is 1.82 bits per heavy atom. The van der Waals surface area contributed by atoms with E-state index in [2.05, 4.69) is 23.5 Å². The fourth-order valence-corrected chi connectivity index (χ4v) is 6.65. The zero-order valence-corrected chi connectivity index (χ0v) is 21.8. The van der Waals surface area contributed by atoms with Crippen molar-refractivity contribution in [1.29, 1.82) is 5.26 Å². The second-order valence-corrected chi connectivity index (χ2v) is 11.2. The van der Waals surface area contributed by atoms with Crippen molar-refractivity contribution >= 4 is 17.3 Å². The topological polar surface area (TPSA) is 72.7 Å². The number of nitrogens with zero attached hydrogens (tertiary/aromatic N) is 5. The summed E-state index contributed by atoms with van der Waals surface area (Å²) in [4.78, 5) is 22.9. The monoisotopic (exact) mass is 537 g/mol. The van der Waals surface area contributed by atoms with Crippen LogP contribution in [0.3, 0.4) is 0 Å². The van der Waals surface area contributed by atoms with Gasteiger partial charge in [0.2, 0.25) is 0 Å². The first kappa shape index (κ1) is 25.7. The summed E-state index contributed by atoms with van der Waals surface area (Å²) in [6.45, 7) is 5.12. The second kappa shape index (κ2) is 8.98. The number of alkyl halides is 3. The largest absolute Gasteiger partial charge is 0.490 e. The van der Waals surface area contributed by atoms with Crippen molar-refractivity contribution in [2.24, 2.45) is 0 Å². The summed E-state index contributed by atoms with van der Waals surface area (Å²) in [5, 5.41) is 9.11. The van der Waals surface area contributed by atoms with Gasteiger partial charge in [-0.15, -0.1) is 0 Å². The van der Waals surface area contributed by atoms with Crippen molar-refractivity contribution in [3.8, 4) is 11.8 Å². The second-order valence-electron chi connectivity index (χ2n) is 11.2. The number of aromatic nitrogens is 1. The third-order valence-electron chi connectivity index (χ3n) is 9.15. The number of benzene rings is 1. The van der Waals surface area contributed by atoms with Crippen LogP contribution < -0.4 is 14.5 Å². The Morgan fingerprint density at radius 1 is 1.13 bits per heavy atom. The molecule has 2 saturated heterocycles. The molecule has 2 aliphatic heterocycles. The Labute approximate surface area is 225 Å². The van der Waals surface area contributed by atoms with E-state index >= 15 is 0 Å². The summed E-state index contributed by atoms with van der Waals surface area (Å²) in [5.41, 5.74) is -1.89. The maximum absolute atomic E-state index is 13.7. The molecule has 1 unspecified atom stereocenters. The third-order valence-corrected chi connectivity index (χ3v) is 9.15. The van der Waals surface area contributed by atoms with Gasteiger partial charge in [-0.05, 0) is 82.3 Å². The van der Waals surface area contributed by atoms with Gasteiger partial charge in [0.15, 0.2) is 5.69 Å². The van der Waals surface area contributed by atoms with Crippen LogP contribution in [0.2, 0.25) is 0 Å². The normalized spacial score (nSPS) is 24.0. The maximum Gasteiger partial charge on any atom is 0.419 e. The number of ether oxygens (including phenoxy) is 1. The third kappa shape index (κ3) is 3.97. The van der Waals surface area contributed by atoms with Crippen LogP contribution in [0.15, 0.2) is 48.9 Å². The predicted octanol–water partition coefficient (Wildman–Crippen LogP) is 5.61. The van der Waals surface area contributed by atoms with Gasteiger partial charge in [-0.2, -0.15) is 18.4 Å². The number of likely N-dealkylation sites (tertiary alicyclic amines) is 1. The Bertz CT molecular complexity index is 1360. The Hall–Kier alpha value is -3.58. The molecule has 2 aromatic rings. The summed E-state index contributed by atoms with van der Waals surface area (Å²) in [5.74, 6) is 0.676. The number of hydrogen-bond acceptors (Lipinski definition) is 6. The lowest BCUT2D eigenvalue weighted by Crippen LogP contribution is -2.58. The quantitative estimate of drug-likeness (QED) is 0.505. The Balaban J connectivity index is 1.26. The summed E-state index contributed by atoms with van der Waals surface area (Å²) >= 11 is 0. The van der Waals surface area contributed by atoms with Crippen molar-refractivity contribution in [3.05, 3.63) is 60.2 Å². The highest BCUT2D eigenvalue weighted by molar-refractivity contribution is 6.10. The first-order chi connectivity index (χ1) is 18.6. The van der Waals surface area contributed by atoms with E-state index in [0.717, 1.165) is 49.5 Å². The molecule has 0 radical (unpaired) electrons. The van der Waals surface area contributed by atoms with E-state index in [0.29, 0.717) is 12.8 Å². The van der Waals surface area contributed by atoms with Crippen LogP contribution in [-0.4, -0.2) is 46.6 Å². The van der Waals surface area contributed by atoms with E-state index in [4.69, 9.17) is 10.00 Å². The molecule has 4 aliphatic rings. The molecule has 0 N–H and O–H groups in total. The van der Waals surface area contributed by atoms with Gasteiger partial charge in [-0.1, -0.05) is 6.58 Å². The van der Waals surface area contributed by atoms with Crippen LogP contribution in [0.1, 0.15) is 62.6 Å². The fourth-order valence-electron chi connectivity index (χ4n) is 6.65. The fraction of sp³-hybridized carbons (Fsp3) is 0.483. The SMILES string of the molecule is C=C1N(c2cnc(C#N)c(C(F)(F)F)c2)C(=O)C2(CCC2)N1c1ccc(OC2CCN(C)C3(CCC3)C2)cc1. The molecule has 204 valence electrons. The van der Waals surface area contributed by atoms with E-state index in [1.165, 1.54) is 30.2 Å². The lowest BCUT2D eigenvalue weighted by atomic mass is 9.69. The lowest BCUT2D eigenvalue weighted by Gasteiger charge is -2.53. The number of amides is 1. The van der Waals surface area contributed by atoms with E-state index < -0.39 is 23.0 Å². The minimum atomic E-state index is -4.78. The van der Waals surface area contributed by atoms with E-state index in [1.54, 1.807) is 0 Å². The van der Waals surface area contributed by atoms with Crippen molar-refractivity contribution < 1.29 is 22.7 Å². The maximum atomic E-state index is 13.7. The molecule has 2 saturated carbocycles. The molecule has 10 heteroatoms. The zero-order valence-electron chi connectivity index (χ0n) is 21.8. The number of nitriles is 1. The smallest absolute Gasteiger partial charge is 0.419 e. The predicted molar refractivity (Wildman–Crippen MR) is 139 cm³/mol. The Kier molecular flexibility index (Phi) is 5.92. The molecule has 7 nitrogen and oxygen atoms in total. The van der Waals surface area contributed by atoms with Gasteiger partial charge < -0.3 is 14.5 Å². The van der Waals surface area contributed by atoms with Crippen molar-refractivity contribution in [3.63, 3.8) is 0 Å². The molecule has 0 bridgehead atoms. The van der Waals surface area contributed by atoms with Crippen molar-refractivity contribution in [1.82, 2.24) is 9.88 Å². The lowest BCUT2D eigenvalue weighted by molar-refractivity contribution is -0.138. The molecule has 1 atom stereocenters. The number of halogens is 3. The van der Waals surface area contributed by atoms with Crippen LogP contribution in [0.25, 0.3) is 0 Å². The molecular weight excluding hydrogens is 507 g/mol. The van der Waals surface area contributed by atoms with Crippen LogP contribution in [0.5, 0.6) is 5.75 Å². The van der Waals surface area contributed by atoms with Gasteiger partial charge in [0, 0.05) is 24.2 Å². The Morgan fingerprint density at radius 3 is 2.38 bits per heavy atom. The highest BCUT2D eigenvalue weighted by Gasteiger charge is 2.59. The van der Waals surface area contributed by atoms with Crippen LogP contribution in [0, 0.1) is 11.3 Å². The zero-order chi connectivity index (χ0) is 27.6. The molecule has 2 spiro atoms. The number of carbonyl (C=O) groups is 1. The van der Waals surface area contributed by atoms with Gasteiger partial charge in [-0.3, -0.25) is 9.69 Å². The van der Waals surface area contributed by atoms with E-state index in [-0.39, 0.29) is 29.1 Å². The minimum absolute atomic E-state index is 0.0581. The average molecular weight is 538 g/mol. The highest BCUT2D eigenvalue weighted by Crippen LogP contribution is 2.51. The summed E-state index contributed by atoms with van der Waals surface area (Å²) in [6, 6.07) is 9.82. The number of carbonyl (C=O) groups excluding carboxylic acids is 1. The number of pyridine rings is 1. The first-order valence-corrected chi connectivity index (χ1v) is 13.4. The van der Waals surface area contributed by atoms with Gasteiger partial charge in [0.25, 0.3) is 5.91 Å². The number of hydrogen-bond donors (Lipinski definition) is 0. The minimum Gasteiger partial charge on any atom is -0.490 e. The molecule has 1 aromatic heterocycles. The molecule has 1 aromatic carbocycles. The number of rotatable bonds is 4. The molecule has 1 amide bonds. The van der Waals surface area contributed by atoms with Crippen molar-refractivity contribution in [2.45, 2.75) is 74.7 Å². The van der Waals surface area contributed by atoms with Gasteiger partial charge in [0.1, 0.15) is 29.3 Å². The summed E-state index contributed by atoms with van der Waals surface area (Å²) < 4.78 is 47.2. The summed E-state index contributed by atoms with van der Waals surface area (Å²) in [6.07, 6.45) is 4.11. The summed E-state index contributed by atoms with van der Waals surface area (Å²) in [7, 11) is 2.20. The first-order valence-electron chi connectivity index (χ1n) is 13.4. The number of piperidine rings is 1. The van der Waals surface area contributed by atoms with Gasteiger partial charge in [-0.25, -0.2) is 4.98 Å². The average Bonchev–Trinajstić information content (AvgIpc) is 3.10. The van der Waals surface area contributed by atoms with Crippen LogP contribution in [-0.2, 0) is 11.0 Å². The van der Waals surface area contributed by atoms with Crippen molar-refractivity contribution in [2.75, 3.05) is 23.4 Å². The molecule has 39 heavy (non-hydrogen) atoms. The standard InChI is InChI=1S/C29H30F3N5O2/c1-19-36(21-15-24(29(30,31)32)25(17-33)34-18-21)26(38)28(12-4-13-28)37(19)20-5-7-22(8-6-20)39-23-9-14-35(2)27(16-23)10-3-11-27/h5-8,15,18,23H,1,3-4,9-14,16H2,2H3. The molecule has 3 heterocycles. The molecule has 2 aliphatic carbocycles. The van der Waals surface area contributed by atoms with E-state index in [1.807, 2.05) is 29.2 Å². The molecule has 6 rings (SSSR count). The van der Waals surface area contributed by atoms with E-state index in [9.17, 15) is 18.0 Å². The number of anilines is 2. The molecule has 4 fully saturated rings. The van der Waals surface area contributed by atoms with Crippen LogP contribution >= 0.6 is 0 Å². The van der Waals surface area contributed by atoms with Gasteiger partial charge >= 0.3 is 6.18 Å².